The van der Waals surface area contributed by atoms with Crippen molar-refractivity contribution < 1.29 is 19.1 Å². The van der Waals surface area contributed by atoms with E-state index in [1.54, 1.807) is 7.11 Å². The van der Waals surface area contributed by atoms with Gasteiger partial charge >= 0.3 is 0 Å². The first-order chi connectivity index (χ1) is 14.5. The van der Waals surface area contributed by atoms with E-state index in [0.717, 1.165) is 44.1 Å². The molecule has 0 spiro atoms. The first-order valence-electron chi connectivity index (χ1n) is 11.4. The second kappa shape index (κ2) is 10.7. The minimum Gasteiger partial charge on any atom is -0.493 e. The van der Waals surface area contributed by atoms with Gasteiger partial charge in [0.2, 0.25) is 11.8 Å². The van der Waals surface area contributed by atoms with Gasteiger partial charge in [-0.25, -0.2) is 0 Å². The predicted molar refractivity (Wildman–Crippen MR) is 116 cm³/mol. The molecule has 1 aliphatic carbocycles. The van der Waals surface area contributed by atoms with Crippen molar-refractivity contribution >= 4 is 11.8 Å². The normalized spacial score (nSPS) is 19.7. The average molecular weight is 417 g/mol. The monoisotopic (exact) mass is 416 g/mol. The van der Waals surface area contributed by atoms with Crippen LogP contribution in [0.1, 0.15) is 64.4 Å². The highest BCUT2D eigenvalue weighted by Crippen LogP contribution is 2.30. The van der Waals surface area contributed by atoms with Gasteiger partial charge in [-0.1, -0.05) is 39.2 Å². The van der Waals surface area contributed by atoms with Crippen molar-refractivity contribution in [1.82, 2.24) is 10.2 Å². The van der Waals surface area contributed by atoms with E-state index in [4.69, 9.17) is 9.47 Å². The van der Waals surface area contributed by atoms with Crippen LogP contribution in [-0.2, 0) is 16.1 Å². The molecular formula is C24H36N2O4. The van der Waals surface area contributed by atoms with E-state index < -0.39 is 0 Å². The lowest BCUT2D eigenvalue weighted by Crippen LogP contribution is -2.47. The highest BCUT2D eigenvalue weighted by Gasteiger charge is 2.37. The predicted octanol–water partition coefficient (Wildman–Crippen LogP) is 3.92. The van der Waals surface area contributed by atoms with Crippen LogP contribution < -0.4 is 14.8 Å². The van der Waals surface area contributed by atoms with Gasteiger partial charge in [-0.3, -0.25) is 9.59 Å². The number of hydrogen-bond acceptors (Lipinski definition) is 4. The number of hydrogen-bond donors (Lipinski definition) is 1. The zero-order valence-corrected chi connectivity index (χ0v) is 18.6. The number of ether oxygens (including phenoxy) is 2. The molecule has 6 heteroatoms. The summed E-state index contributed by atoms with van der Waals surface area (Å²) in [6, 6.07) is 5.39. The number of amides is 2. The Labute approximate surface area is 180 Å². The molecule has 0 radical (unpaired) electrons. The standard InChI is InChI=1S/C24H36N2O4/c1-17(2)16-30-21-12-11-18(14-22(21)29-3)15-25-23(27)20-10-7-13-26(20)24(28)19-8-5-4-6-9-19/h11-12,14,17,19-20H,4-10,13,15-16H2,1-3H3,(H,25,27). The molecule has 1 unspecified atom stereocenters. The van der Waals surface area contributed by atoms with Crippen molar-refractivity contribution in [2.75, 3.05) is 20.3 Å². The van der Waals surface area contributed by atoms with Crippen molar-refractivity contribution in [3.63, 3.8) is 0 Å². The Morgan fingerprint density at radius 2 is 1.87 bits per heavy atom. The Kier molecular flexibility index (Phi) is 8.00. The van der Waals surface area contributed by atoms with Crippen molar-refractivity contribution in [3.05, 3.63) is 23.8 Å². The van der Waals surface area contributed by atoms with Gasteiger partial charge in [-0.2, -0.15) is 0 Å². The van der Waals surface area contributed by atoms with E-state index in [2.05, 4.69) is 19.2 Å². The zero-order chi connectivity index (χ0) is 21.5. The number of benzene rings is 1. The first-order valence-corrected chi connectivity index (χ1v) is 11.4. The molecule has 2 amide bonds. The third-order valence-corrected chi connectivity index (χ3v) is 6.06. The van der Waals surface area contributed by atoms with Crippen LogP contribution in [0, 0.1) is 11.8 Å². The largest absolute Gasteiger partial charge is 0.493 e. The molecule has 1 aromatic rings. The number of nitrogens with one attached hydrogen (secondary N) is 1. The van der Waals surface area contributed by atoms with Gasteiger partial charge in [-0.05, 0) is 49.3 Å². The third-order valence-electron chi connectivity index (χ3n) is 6.06. The molecule has 1 heterocycles. The molecule has 1 aromatic carbocycles. The van der Waals surface area contributed by atoms with Crippen LogP contribution in [0.3, 0.4) is 0 Å². The maximum atomic E-state index is 12.9. The van der Waals surface area contributed by atoms with E-state index in [1.807, 2.05) is 23.1 Å². The number of rotatable bonds is 8. The third kappa shape index (κ3) is 5.67. The number of carbonyl (C=O) groups is 2. The molecule has 166 valence electrons. The Balaban J connectivity index is 1.57. The van der Waals surface area contributed by atoms with Gasteiger partial charge in [0.05, 0.1) is 13.7 Å². The van der Waals surface area contributed by atoms with Gasteiger partial charge in [0.25, 0.3) is 0 Å². The number of likely N-dealkylation sites (tertiary alicyclic amines) is 1. The molecule has 30 heavy (non-hydrogen) atoms. The van der Waals surface area contributed by atoms with Crippen LogP contribution in [0.4, 0.5) is 0 Å². The summed E-state index contributed by atoms with van der Waals surface area (Å²) in [6.45, 7) is 5.92. The van der Waals surface area contributed by atoms with E-state index in [1.165, 1.54) is 6.42 Å². The van der Waals surface area contributed by atoms with Crippen LogP contribution >= 0.6 is 0 Å². The second-order valence-electron chi connectivity index (χ2n) is 8.93. The fourth-order valence-corrected chi connectivity index (χ4v) is 4.39. The van der Waals surface area contributed by atoms with Crippen molar-refractivity contribution in [1.29, 1.82) is 0 Å². The van der Waals surface area contributed by atoms with Crippen LogP contribution in [0.2, 0.25) is 0 Å². The molecule has 2 aliphatic rings. The van der Waals surface area contributed by atoms with Gasteiger partial charge in [0.15, 0.2) is 11.5 Å². The Morgan fingerprint density at radius 3 is 2.57 bits per heavy atom. The summed E-state index contributed by atoms with van der Waals surface area (Å²) >= 11 is 0. The average Bonchev–Trinajstić information content (AvgIpc) is 3.26. The SMILES string of the molecule is COc1cc(CNC(=O)C2CCCN2C(=O)C2CCCCC2)ccc1OCC(C)C. The summed E-state index contributed by atoms with van der Waals surface area (Å²) in [6.07, 6.45) is 7.04. The lowest BCUT2D eigenvalue weighted by atomic mass is 9.88. The molecule has 0 aromatic heterocycles. The Morgan fingerprint density at radius 1 is 1.10 bits per heavy atom. The van der Waals surface area contributed by atoms with Crippen LogP contribution in [0.5, 0.6) is 11.5 Å². The van der Waals surface area contributed by atoms with E-state index >= 15 is 0 Å². The summed E-state index contributed by atoms with van der Waals surface area (Å²) < 4.78 is 11.2. The van der Waals surface area contributed by atoms with Crippen LogP contribution in [0.25, 0.3) is 0 Å². The minimum atomic E-state index is -0.338. The molecule has 1 N–H and O–H groups in total. The maximum absolute atomic E-state index is 12.9. The second-order valence-corrected chi connectivity index (χ2v) is 8.93. The summed E-state index contributed by atoms with van der Waals surface area (Å²) in [5.41, 5.74) is 0.945. The van der Waals surface area contributed by atoms with Gasteiger partial charge in [0, 0.05) is 19.0 Å². The van der Waals surface area contributed by atoms with Crippen molar-refractivity contribution in [3.8, 4) is 11.5 Å². The molecule has 2 fully saturated rings. The van der Waals surface area contributed by atoms with Crippen molar-refractivity contribution in [2.24, 2.45) is 11.8 Å². The molecule has 6 nitrogen and oxygen atoms in total. The molecular weight excluding hydrogens is 380 g/mol. The fourth-order valence-electron chi connectivity index (χ4n) is 4.39. The maximum Gasteiger partial charge on any atom is 0.243 e. The first kappa shape index (κ1) is 22.4. The quantitative estimate of drug-likeness (QED) is 0.697. The number of carbonyl (C=O) groups excluding carboxylic acids is 2. The summed E-state index contributed by atoms with van der Waals surface area (Å²) in [5, 5.41) is 3.02. The highest BCUT2D eigenvalue weighted by molar-refractivity contribution is 5.89. The van der Waals surface area contributed by atoms with Crippen LogP contribution in [0.15, 0.2) is 18.2 Å². The summed E-state index contributed by atoms with van der Waals surface area (Å²) in [5.74, 6) is 2.03. The minimum absolute atomic E-state index is 0.0595. The zero-order valence-electron chi connectivity index (χ0n) is 18.6. The molecule has 1 aliphatic heterocycles. The summed E-state index contributed by atoms with van der Waals surface area (Å²) in [7, 11) is 1.62. The Bertz CT molecular complexity index is 728. The molecule has 0 bridgehead atoms. The van der Waals surface area contributed by atoms with Gasteiger partial charge in [0.1, 0.15) is 6.04 Å². The summed E-state index contributed by atoms with van der Waals surface area (Å²) in [4.78, 5) is 27.6. The molecule has 1 saturated carbocycles. The smallest absolute Gasteiger partial charge is 0.243 e. The Hall–Kier alpha value is -2.24. The topological polar surface area (TPSA) is 67.9 Å². The van der Waals surface area contributed by atoms with Gasteiger partial charge < -0.3 is 19.7 Å². The highest BCUT2D eigenvalue weighted by atomic mass is 16.5. The lowest BCUT2D eigenvalue weighted by molar-refractivity contribution is -0.142. The van der Waals surface area contributed by atoms with Crippen molar-refractivity contribution in [2.45, 2.75) is 71.4 Å². The number of nitrogens with zero attached hydrogens (tertiary/aromatic N) is 1. The fraction of sp³-hybridized carbons (Fsp3) is 0.667. The number of methoxy groups -OCH3 is 1. The molecule has 1 atom stereocenters. The van der Waals surface area contributed by atoms with Crippen LogP contribution in [-0.4, -0.2) is 43.0 Å². The molecule has 1 saturated heterocycles. The van der Waals surface area contributed by atoms with E-state index in [0.29, 0.717) is 37.1 Å². The van der Waals surface area contributed by atoms with E-state index in [-0.39, 0.29) is 23.8 Å². The molecule has 3 rings (SSSR count). The lowest BCUT2D eigenvalue weighted by Gasteiger charge is -2.30. The van der Waals surface area contributed by atoms with Gasteiger partial charge in [-0.15, -0.1) is 0 Å². The van der Waals surface area contributed by atoms with E-state index in [9.17, 15) is 9.59 Å².